The molecule has 4 N–H and O–H groups in total. The van der Waals surface area contributed by atoms with Gasteiger partial charge in [0.25, 0.3) is 0 Å². The highest BCUT2D eigenvalue weighted by Gasteiger charge is 2.14. The average Bonchev–Trinajstić information content (AvgIpc) is 2.77. The Balaban J connectivity index is 1.94. The molecule has 0 amide bonds. The van der Waals surface area contributed by atoms with E-state index < -0.39 is 0 Å². The molecule has 2 aromatic carbocycles. The van der Waals surface area contributed by atoms with E-state index in [4.69, 9.17) is 27.8 Å². The van der Waals surface area contributed by atoms with E-state index in [1.807, 2.05) is 43.3 Å². The summed E-state index contributed by atoms with van der Waals surface area (Å²) in [5.74, 6) is 0.0517. The molecule has 0 radical (unpaired) electrons. The fourth-order valence-electron chi connectivity index (χ4n) is 3.06. The van der Waals surface area contributed by atoms with Crippen LogP contribution in [0.3, 0.4) is 0 Å². The summed E-state index contributed by atoms with van der Waals surface area (Å²) in [6.45, 7) is 3.80. The molecule has 166 valence electrons. The van der Waals surface area contributed by atoms with Gasteiger partial charge in [-0.05, 0) is 36.2 Å². The summed E-state index contributed by atoms with van der Waals surface area (Å²) in [6.07, 6.45) is 0.629. The number of nitrogens with two attached hydrogens (primary N) is 2. The first-order chi connectivity index (χ1) is 15.4. The normalized spacial score (nSPS) is 11.0. The van der Waals surface area contributed by atoms with E-state index in [0.29, 0.717) is 29.2 Å². The van der Waals surface area contributed by atoms with Crippen molar-refractivity contribution in [2.24, 2.45) is 10.3 Å². The number of nitrogens with zero attached hydrogens (tertiary/aromatic N) is 5. The number of para-hydroxylation sites is 1. The van der Waals surface area contributed by atoms with Crippen LogP contribution >= 0.6 is 11.6 Å². The zero-order chi connectivity index (χ0) is 23.1. The third kappa shape index (κ3) is 5.70. The van der Waals surface area contributed by atoms with Crippen LogP contribution in [-0.2, 0) is 16.0 Å². The summed E-state index contributed by atoms with van der Waals surface area (Å²) < 4.78 is 5.05. The SMILES string of the molecule is CCc1nc(N)nc(N)c1-c1ccc(Cl)c(N=NN(CCOC(C)=O)c2ccccc2)c1. The lowest BCUT2D eigenvalue weighted by Gasteiger charge is -2.17. The molecule has 0 aliphatic heterocycles. The van der Waals surface area contributed by atoms with E-state index in [1.54, 1.807) is 17.1 Å². The van der Waals surface area contributed by atoms with Crippen LogP contribution in [0.25, 0.3) is 11.1 Å². The van der Waals surface area contributed by atoms with Crippen LogP contribution in [0.4, 0.5) is 23.1 Å². The van der Waals surface area contributed by atoms with E-state index >= 15 is 0 Å². The molecule has 9 nitrogen and oxygen atoms in total. The van der Waals surface area contributed by atoms with Crippen LogP contribution in [0.15, 0.2) is 58.9 Å². The molecule has 1 heterocycles. The Hall–Kier alpha value is -3.72. The van der Waals surface area contributed by atoms with Crippen molar-refractivity contribution in [3.63, 3.8) is 0 Å². The Morgan fingerprint density at radius 3 is 2.59 bits per heavy atom. The Morgan fingerprint density at radius 2 is 1.91 bits per heavy atom. The molecular formula is C22H24ClN7O2. The first kappa shape index (κ1) is 23.0. The fraction of sp³-hybridized carbons (Fsp3) is 0.227. The zero-order valence-electron chi connectivity index (χ0n) is 17.8. The van der Waals surface area contributed by atoms with Gasteiger partial charge in [-0.15, -0.1) is 5.11 Å². The molecule has 0 bridgehead atoms. The summed E-state index contributed by atoms with van der Waals surface area (Å²) in [7, 11) is 0. The predicted octanol–water partition coefficient (Wildman–Crippen LogP) is 4.59. The first-order valence-corrected chi connectivity index (χ1v) is 10.4. The van der Waals surface area contributed by atoms with Gasteiger partial charge in [-0.25, -0.2) is 9.99 Å². The molecule has 0 saturated carbocycles. The predicted molar refractivity (Wildman–Crippen MR) is 126 cm³/mol. The second-order valence-corrected chi connectivity index (χ2v) is 7.20. The zero-order valence-corrected chi connectivity index (χ0v) is 18.6. The number of nitrogen functional groups attached to an aromatic ring is 2. The third-order valence-corrected chi connectivity index (χ3v) is 4.84. The molecule has 0 unspecified atom stereocenters. The number of ether oxygens (including phenoxy) is 1. The fourth-order valence-corrected chi connectivity index (χ4v) is 3.22. The van der Waals surface area contributed by atoms with E-state index in [9.17, 15) is 4.79 Å². The van der Waals surface area contributed by atoms with Crippen molar-refractivity contribution in [2.75, 3.05) is 29.6 Å². The van der Waals surface area contributed by atoms with Gasteiger partial charge in [0.2, 0.25) is 5.95 Å². The molecule has 0 atom stereocenters. The van der Waals surface area contributed by atoms with Crippen molar-refractivity contribution < 1.29 is 9.53 Å². The molecule has 0 aliphatic carbocycles. The summed E-state index contributed by atoms with van der Waals surface area (Å²) in [5.41, 5.74) is 15.3. The number of halogens is 1. The van der Waals surface area contributed by atoms with Crippen molar-refractivity contribution in [2.45, 2.75) is 20.3 Å². The largest absolute Gasteiger partial charge is 0.464 e. The van der Waals surface area contributed by atoms with Crippen molar-refractivity contribution in [3.05, 3.63) is 59.2 Å². The molecule has 0 aliphatic rings. The van der Waals surface area contributed by atoms with Gasteiger partial charge in [-0.2, -0.15) is 4.98 Å². The lowest BCUT2D eigenvalue weighted by molar-refractivity contribution is -0.140. The first-order valence-electron chi connectivity index (χ1n) is 9.98. The number of rotatable bonds is 8. The number of aromatic nitrogens is 2. The molecule has 0 spiro atoms. The number of hydrogen-bond acceptors (Lipinski definition) is 8. The maximum absolute atomic E-state index is 11.1. The molecule has 3 aromatic rings. The maximum Gasteiger partial charge on any atom is 0.302 e. The van der Waals surface area contributed by atoms with Gasteiger partial charge < -0.3 is 16.2 Å². The lowest BCUT2D eigenvalue weighted by Crippen LogP contribution is -2.22. The highest BCUT2D eigenvalue weighted by Crippen LogP contribution is 2.35. The van der Waals surface area contributed by atoms with Crippen molar-refractivity contribution in [1.29, 1.82) is 0 Å². The van der Waals surface area contributed by atoms with Gasteiger partial charge in [0.05, 0.1) is 22.9 Å². The van der Waals surface area contributed by atoms with Crippen molar-refractivity contribution in [3.8, 4) is 11.1 Å². The molecule has 0 fully saturated rings. The van der Waals surface area contributed by atoms with Crippen LogP contribution in [0.2, 0.25) is 5.02 Å². The smallest absolute Gasteiger partial charge is 0.302 e. The Morgan fingerprint density at radius 1 is 1.16 bits per heavy atom. The van der Waals surface area contributed by atoms with E-state index in [2.05, 4.69) is 20.3 Å². The minimum absolute atomic E-state index is 0.128. The Labute approximate surface area is 191 Å². The Kier molecular flexibility index (Phi) is 7.56. The molecule has 3 rings (SSSR count). The minimum Gasteiger partial charge on any atom is -0.464 e. The second-order valence-electron chi connectivity index (χ2n) is 6.80. The number of esters is 1. The van der Waals surface area contributed by atoms with Crippen LogP contribution in [0.5, 0.6) is 0 Å². The van der Waals surface area contributed by atoms with Gasteiger partial charge in [-0.3, -0.25) is 4.79 Å². The van der Waals surface area contributed by atoms with Gasteiger partial charge in [-0.1, -0.05) is 48.0 Å². The number of carbonyl (C=O) groups excluding carboxylic acids is 1. The van der Waals surface area contributed by atoms with Crippen molar-refractivity contribution >= 4 is 40.7 Å². The van der Waals surface area contributed by atoms with Gasteiger partial charge in [0, 0.05) is 12.5 Å². The maximum atomic E-state index is 11.1. The van der Waals surface area contributed by atoms with Crippen LogP contribution < -0.4 is 16.5 Å². The minimum atomic E-state index is -0.360. The topological polar surface area (TPSA) is 132 Å². The summed E-state index contributed by atoms with van der Waals surface area (Å²) in [4.78, 5) is 19.5. The van der Waals surface area contributed by atoms with Crippen LogP contribution in [0, 0.1) is 0 Å². The Bertz CT molecular complexity index is 1120. The number of anilines is 3. The molecule has 1 aromatic heterocycles. The number of carbonyl (C=O) groups is 1. The van der Waals surface area contributed by atoms with Crippen LogP contribution in [0.1, 0.15) is 19.5 Å². The van der Waals surface area contributed by atoms with Crippen LogP contribution in [-0.4, -0.2) is 29.1 Å². The highest BCUT2D eigenvalue weighted by molar-refractivity contribution is 6.33. The molecular weight excluding hydrogens is 430 g/mol. The van der Waals surface area contributed by atoms with Gasteiger partial charge in [0.1, 0.15) is 18.1 Å². The standard InChI is InChI=1S/C22H24ClN7O2/c1-3-18-20(21(24)27-22(25)26-18)15-9-10-17(23)19(13-15)28-29-30(11-12-32-14(2)31)16-7-5-4-6-8-16/h4-10,13H,3,11-12H2,1-2H3,(H4,24,25,26,27). The molecule has 32 heavy (non-hydrogen) atoms. The van der Waals surface area contributed by atoms with Gasteiger partial charge >= 0.3 is 5.97 Å². The monoisotopic (exact) mass is 453 g/mol. The number of aryl methyl sites for hydroxylation is 1. The lowest BCUT2D eigenvalue weighted by atomic mass is 10.0. The van der Waals surface area contributed by atoms with Gasteiger partial charge in [0.15, 0.2) is 0 Å². The number of hydrogen-bond donors (Lipinski definition) is 2. The quantitative estimate of drug-likeness (QED) is 0.289. The molecule has 0 saturated heterocycles. The van der Waals surface area contributed by atoms with E-state index in [1.165, 1.54) is 6.92 Å². The third-order valence-electron chi connectivity index (χ3n) is 4.52. The number of benzene rings is 2. The summed E-state index contributed by atoms with van der Waals surface area (Å²) in [5, 5.41) is 10.7. The summed E-state index contributed by atoms with van der Waals surface area (Å²) in [6, 6.07) is 14.7. The van der Waals surface area contributed by atoms with Crippen molar-refractivity contribution in [1.82, 2.24) is 9.97 Å². The average molecular weight is 454 g/mol. The second kappa shape index (κ2) is 10.5. The summed E-state index contributed by atoms with van der Waals surface area (Å²) >= 11 is 6.37. The van der Waals surface area contributed by atoms with E-state index in [-0.39, 0.29) is 24.3 Å². The van der Waals surface area contributed by atoms with E-state index in [0.717, 1.165) is 16.9 Å². The highest BCUT2D eigenvalue weighted by atomic mass is 35.5. The molecule has 10 heteroatoms.